The molecule has 1 atom stereocenters. The van der Waals surface area contributed by atoms with Crippen LogP contribution in [0.25, 0.3) is 0 Å². The summed E-state index contributed by atoms with van der Waals surface area (Å²) in [6, 6.07) is 6.08. The van der Waals surface area contributed by atoms with Gasteiger partial charge in [-0.2, -0.15) is 0 Å². The highest BCUT2D eigenvalue weighted by Crippen LogP contribution is 2.23. The van der Waals surface area contributed by atoms with E-state index in [2.05, 4.69) is 36.9 Å². The van der Waals surface area contributed by atoms with E-state index in [0.29, 0.717) is 6.54 Å². The number of carbonyl (C=O) groups excluding carboxylic acids is 1. The van der Waals surface area contributed by atoms with Gasteiger partial charge in [-0.1, -0.05) is 6.07 Å². The van der Waals surface area contributed by atoms with Crippen LogP contribution in [0.4, 0.5) is 5.69 Å². The van der Waals surface area contributed by atoms with E-state index in [1.807, 2.05) is 7.05 Å². The summed E-state index contributed by atoms with van der Waals surface area (Å²) in [4.78, 5) is 16.0. The molecule has 0 radical (unpaired) electrons. The molecule has 0 bridgehead atoms. The van der Waals surface area contributed by atoms with Crippen LogP contribution in [0.2, 0.25) is 0 Å². The molecule has 2 N–H and O–H groups in total. The summed E-state index contributed by atoms with van der Waals surface area (Å²) in [5, 5.41) is 0. The maximum Gasteiger partial charge on any atom is 0.246 e. The molecule has 4 heteroatoms. The lowest BCUT2D eigenvalue weighted by Gasteiger charge is -2.40. The van der Waals surface area contributed by atoms with Gasteiger partial charge in [0.2, 0.25) is 5.91 Å². The smallest absolute Gasteiger partial charge is 0.246 e. The van der Waals surface area contributed by atoms with Crippen molar-refractivity contribution in [2.24, 2.45) is 5.73 Å². The lowest BCUT2D eigenvalue weighted by molar-refractivity contribution is -0.132. The van der Waals surface area contributed by atoms with Crippen LogP contribution in [0.15, 0.2) is 18.2 Å². The van der Waals surface area contributed by atoms with E-state index < -0.39 is 0 Å². The number of hydrogen-bond acceptors (Lipinski definition) is 3. The van der Waals surface area contributed by atoms with Crippen LogP contribution in [0.1, 0.15) is 11.1 Å². The fourth-order valence-corrected chi connectivity index (χ4v) is 2.35. The van der Waals surface area contributed by atoms with Crippen molar-refractivity contribution < 1.29 is 4.79 Å². The van der Waals surface area contributed by atoms with Gasteiger partial charge in [0, 0.05) is 32.4 Å². The highest BCUT2D eigenvalue weighted by Gasteiger charge is 2.32. The molecule has 2 rings (SSSR count). The third kappa shape index (κ3) is 2.20. The Morgan fingerprint density at radius 3 is 2.61 bits per heavy atom. The third-order valence-electron chi connectivity index (χ3n) is 3.76. The second-order valence-corrected chi connectivity index (χ2v) is 4.97. The third-order valence-corrected chi connectivity index (χ3v) is 3.76. The van der Waals surface area contributed by atoms with E-state index >= 15 is 0 Å². The number of aryl methyl sites for hydroxylation is 2. The van der Waals surface area contributed by atoms with Crippen molar-refractivity contribution in [3.8, 4) is 0 Å². The molecule has 98 valence electrons. The van der Waals surface area contributed by atoms with Gasteiger partial charge in [0.25, 0.3) is 0 Å². The summed E-state index contributed by atoms with van der Waals surface area (Å²) < 4.78 is 0. The second-order valence-electron chi connectivity index (χ2n) is 4.97. The Hall–Kier alpha value is -1.55. The number of nitrogens with zero attached hydrogens (tertiary/aromatic N) is 2. The molecule has 0 aliphatic carbocycles. The Morgan fingerprint density at radius 2 is 2.00 bits per heavy atom. The predicted molar refractivity (Wildman–Crippen MR) is 73.7 cm³/mol. The number of rotatable bonds is 2. The first-order valence-corrected chi connectivity index (χ1v) is 6.33. The molecule has 1 saturated heterocycles. The number of piperazine rings is 1. The van der Waals surface area contributed by atoms with Crippen LogP contribution in [-0.2, 0) is 4.79 Å². The van der Waals surface area contributed by atoms with Crippen molar-refractivity contribution >= 4 is 11.6 Å². The lowest BCUT2D eigenvalue weighted by atomic mass is 10.1. The van der Waals surface area contributed by atoms with Crippen LogP contribution in [0.5, 0.6) is 0 Å². The van der Waals surface area contributed by atoms with Crippen LogP contribution in [-0.4, -0.2) is 43.5 Å². The zero-order valence-corrected chi connectivity index (χ0v) is 11.3. The molecule has 18 heavy (non-hydrogen) atoms. The molecule has 4 nitrogen and oxygen atoms in total. The molecule has 1 aromatic rings. The van der Waals surface area contributed by atoms with Gasteiger partial charge >= 0.3 is 0 Å². The Morgan fingerprint density at radius 1 is 1.28 bits per heavy atom. The summed E-state index contributed by atoms with van der Waals surface area (Å²) in [7, 11) is 1.84. The Bertz CT molecular complexity index is 458. The Balaban J connectivity index is 2.31. The largest absolute Gasteiger partial charge is 0.357 e. The standard InChI is InChI=1S/C14H21N3O/c1-10-4-5-12(8-11(10)2)17-7-6-16(3)14(18)13(17)9-15/h4-5,8,13H,6-7,9,15H2,1-3H3. The van der Waals surface area contributed by atoms with E-state index in [1.54, 1.807) is 4.90 Å². The molecule has 0 spiro atoms. The minimum atomic E-state index is -0.231. The fraction of sp³-hybridized carbons (Fsp3) is 0.500. The minimum absolute atomic E-state index is 0.113. The van der Waals surface area contributed by atoms with E-state index in [0.717, 1.165) is 18.8 Å². The zero-order valence-electron chi connectivity index (χ0n) is 11.3. The SMILES string of the molecule is Cc1ccc(N2CCN(C)C(=O)C2CN)cc1C. The summed E-state index contributed by atoms with van der Waals surface area (Å²) in [6.07, 6.45) is 0. The van der Waals surface area contributed by atoms with Gasteiger partial charge in [-0.25, -0.2) is 0 Å². The first-order chi connectivity index (χ1) is 8.54. The molecule has 1 fully saturated rings. The van der Waals surface area contributed by atoms with Gasteiger partial charge < -0.3 is 15.5 Å². The van der Waals surface area contributed by atoms with Crippen molar-refractivity contribution in [2.75, 3.05) is 31.6 Å². The summed E-state index contributed by atoms with van der Waals surface area (Å²) in [6.45, 7) is 6.13. The number of nitrogens with two attached hydrogens (primary N) is 1. The molecular weight excluding hydrogens is 226 g/mol. The topological polar surface area (TPSA) is 49.6 Å². The van der Waals surface area contributed by atoms with E-state index in [4.69, 9.17) is 5.73 Å². The number of hydrogen-bond donors (Lipinski definition) is 1. The molecule has 0 aromatic heterocycles. The van der Waals surface area contributed by atoms with Gasteiger partial charge in [0.05, 0.1) is 0 Å². The van der Waals surface area contributed by atoms with Gasteiger partial charge in [0.15, 0.2) is 0 Å². The molecule has 1 heterocycles. The maximum absolute atomic E-state index is 12.1. The fourth-order valence-electron chi connectivity index (χ4n) is 2.35. The van der Waals surface area contributed by atoms with Gasteiger partial charge in [-0.15, -0.1) is 0 Å². The number of benzene rings is 1. The molecule has 1 unspecified atom stereocenters. The highest BCUT2D eigenvalue weighted by molar-refractivity contribution is 5.86. The lowest BCUT2D eigenvalue weighted by Crippen LogP contribution is -2.58. The van der Waals surface area contributed by atoms with Crippen molar-refractivity contribution in [3.05, 3.63) is 29.3 Å². The van der Waals surface area contributed by atoms with Crippen LogP contribution in [0.3, 0.4) is 0 Å². The van der Waals surface area contributed by atoms with Crippen molar-refractivity contribution in [1.29, 1.82) is 0 Å². The van der Waals surface area contributed by atoms with Crippen LogP contribution in [0, 0.1) is 13.8 Å². The summed E-state index contributed by atoms with van der Waals surface area (Å²) in [5.41, 5.74) is 9.37. The maximum atomic E-state index is 12.1. The van der Waals surface area contributed by atoms with Crippen molar-refractivity contribution in [2.45, 2.75) is 19.9 Å². The second kappa shape index (κ2) is 4.98. The molecular formula is C14H21N3O. The molecule has 1 aliphatic heterocycles. The Kier molecular flexibility index (Phi) is 3.57. The normalized spacial score (nSPS) is 20.4. The van der Waals surface area contributed by atoms with Crippen molar-refractivity contribution in [3.63, 3.8) is 0 Å². The average Bonchev–Trinajstić information content (AvgIpc) is 2.36. The van der Waals surface area contributed by atoms with E-state index in [9.17, 15) is 4.79 Å². The molecule has 1 aromatic carbocycles. The van der Waals surface area contributed by atoms with Crippen LogP contribution >= 0.6 is 0 Å². The summed E-state index contributed by atoms with van der Waals surface area (Å²) >= 11 is 0. The Labute approximate surface area is 108 Å². The first kappa shape index (κ1) is 12.9. The number of carbonyl (C=O) groups is 1. The van der Waals surface area contributed by atoms with E-state index in [1.165, 1.54) is 11.1 Å². The summed E-state index contributed by atoms with van der Waals surface area (Å²) in [5.74, 6) is 0.113. The molecule has 1 aliphatic rings. The molecule has 1 amide bonds. The van der Waals surface area contributed by atoms with E-state index in [-0.39, 0.29) is 11.9 Å². The average molecular weight is 247 g/mol. The number of likely N-dealkylation sites (N-methyl/N-ethyl adjacent to an activating group) is 1. The van der Waals surface area contributed by atoms with Crippen LogP contribution < -0.4 is 10.6 Å². The minimum Gasteiger partial charge on any atom is -0.357 e. The number of anilines is 1. The zero-order chi connectivity index (χ0) is 13.3. The monoisotopic (exact) mass is 247 g/mol. The van der Waals surface area contributed by atoms with Gasteiger partial charge in [-0.3, -0.25) is 4.79 Å². The predicted octanol–water partition coefficient (Wildman–Crippen LogP) is 0.909. The quantitative estimate of drug-likeness (QED) is 0.845. The van der Waals surface area contributed by atoms with Gasteiger partial charge in [-0.05, 0) is 37.1 Å². The number of amides is 1. The highest BCUT2D eigenvalue weighted by atomic mass is 16.2. The van der Waals surface area contributed by atoms with Gasteiger partial charge in [0.1, 0.15) is 6.04 Å². The van der Waals surface area contributed by atoms with Crippen molar-refractivity contribution in [1.82, 2.24) is 4.90 Å². The molecule has 0 saturated carbocycles. The first-order valence-electron chi connectivity index (χ1n) is 6.33.